The quantitative estimate of drug-likeness (QED) is 0.185. The second-order valence-corrected chi connectivity index (χ2v) is 11.3. The predicted octanol–water partition coefficient (Wildman–Crippen LogP) is 10.9. The van der Waals surface area contributed by atoms with E-state index in [1.165, 1.54) is 0 Å². The molecule has 4 aromatic carbocycles. The van der Waals surface area contributed by atoms with Gasteiger partial charge in [-0.05, 0) is 67.6 Å². The highest BCUT2D eigenvalue weighted by Crippen LogP contribution is 2.39. The molecule has 224 valence electrons. The number of aromatic nitrogens is 3. The van der Waals surface area contributed by atoms with Gasteiger partial charge in [-0.1, -0.05) is 72.8 Å². The van der Waals surface area contributed by atoms with Gasteiger partial charge in [0.25, 0.3) is 0 Å². The lowest BCUT2D eigenvalue weighted by atomic mass is 10.1. The molecule has 0 N–H and O–H groups in total. The maximum absolute atomic E-state index is 6.39. The molecule has 9 rings (SSSR count). The summed E-state index contributed by atoms with van der Waals surface area (Å²) in [5, 5.41) is 4.02. The van der Waals surface area contributed by atoms with E-state index in [0.717, 1.165) is 55.3 Å². The topological polar surface area (TPSA) is 77.4 Å². The lowest BCUT2D eigenvalue weighted by Crippen LogP contribution is -2.13. The van der Waals surface area contributed by atoms with Gasteiger partial charge in [-0.15, -0.1) is 0 Å². The van der Waals surface area contributed by atoms with Crippen molar-refractivity contribution >= 4 is 61.3 Å². The molecule has 0 saturated heterocycles. The summed E-state index contributed by atoms with van der Waals surface area (Å²) in [6.45, 7) is 1.95. The van der Waals surface area contributed by atoms with Crippen LogP contribution in [-0.4, -0.2) is 15.0 Å². The van der Waals surface area contributed by atoms with E-state index >= 15 is 0 Å². The van der Waals surface area contributed by atoms with Gasteiger partial charge in [0.05, 0.1) is 5.69 Å². The third-order valence-corrected chi connectivity index (χ3v) is 8.28. The van der Waals surface area contributed by atoms with Crippen LogP contribution in [0.2, 0.25) is 0 Å². The zero-order chi connectivity index (χ0) is 31.3. The largest absolute Gasteiger partial charge is 0.455 e. The van der Waals surface area contributed by atoms with Crippen LogP contribution in [0.5, 0.6) is 11.6 Å². The number of hydrogen-bond donors (Lipinski definition) is 0. The van der Waals surface area contributed by atoms with Gasteiger partial charge < -0.3 is 13.6 Å². The van der Waals surface area contributed by atoms with Crippen LogP contribution in [0.4, 0.5) is 17.3 Å². The minimum Gasteiger partial charge on any atom is -0.455 e. The Morgan fingerprint density at radius 1 is 0.532 bits per heavy atom. The van der Waals surface area contributed by atoms with Crippen LogP contribution in [0.25, 0.3) is 55.3 Å². The molecule has 0 aliphatic carbocycles. The number of aryl methyl sites for hydroxylation is 1. The predicted molar refractivity (Wildman–Crippen MR) is 186 cm³/mol. The van der Waals surface area contributed by atoms with Crippen LogP contribution in [-0.2, 0) is 0 Å². The van der Waals surface area contributed by atoms with Crippen molar-refractivity contribution in [3.63, 3.8) is 0 Å². The summed E-state index contributed by atoms with van der Waals surface area (Å²) in [6.07, 6.45) is 0. The summed E-state index contributed by atoms with van der Waals surface area (Å²) in [5.74, 6) is 2.33. The molecule has 0 aliphatic heterocycles. The maximum atomic E-state index is 6.39. The minimum atomic E-state index is 0.420. The zero-order valence-electron chi connectivity index (χ0n) is 25.3. The summed E-state index contributed by atoms with van der Waals surface area (Å²) in [4.78, 5) is 16.7. The van der Waals surface area contributed by atoms with E-state index in [2.05, 4.69) is 17.1 Å². The summed E-state index contributed by atoms with van der Waals surface area (Å²) in [6, 6.07) is 45.9. The molecule has 7 nitrogen and oxygen atoms in total. The van der Waals surface area contributed by atoms with Gasteiger partial charge in [0.1, 0.15) is 22.8 Å². The number of rotatable bonds is 6. The van der Waals surface area contributed by atoms with Gasteiger partial charge in [-0.3, -0.25) is 4.90 Å². The second kappa shape index (κ2) is 10.9. The van der Waals surface area contributed by atoms with E-state index in [1.807, 2.05) is 139 Å². The lowest BCUT2D eigenvalue weighted by Gasteiger charge is -2.24. The lowest BCUT2D eigenvalue weighted by molar-refractivity contribution is 0.458. The molecule has 0 fully saturated rings. The molecule has 0 atom stereocenters. The van der Waals surface area contributed by atoms with E-state index in [9.17, 15) is 0 Å². The Labute approximate surface area is 269 Å². The van der Waals surface area contributed by atoms with Gasteiger partial charge in [-0.2, -0.15) is 4.98 Å². The van der Waals surface area contributed by atoms with E-state index in [4.69, 9.17) is 23.5 Å². The molecule has 5 heterocycles. The average molecular weight is 611 g/mol. The van der Waals surface area contributed by atoms with Crippen molar-refractivity contribution in [2.24, 2.45) is 0 Å². The molecular formula is C40H26N4O3. The van der Waals surface area contributed by atoms with Crippen molar-refractivity contribution < 1.29 is 13.6 Å². The molecule has 0 saturated carbocycles. The first-order valence-corrected chi connectivity index (χ1v) is 15.4. The Morgan fingerprint density at radius 3 is 2.15 bits per heavy atom. The number of fused-ring (bicyclic) bond motifs is 6. The molecule has 0 aliphatic rings. The first-order valence-electron chi connectivity index (χ1n) is 15.4. The molecule has 0 unspecified atom stereocenters. The fourth-order valence-corrected chi connectivity index (χ4v) is 6.13. The molecule has 0 spiro atoms. The molecule has 9 aromatic rings. The summed E-state index contributed by atoms with van der Waals surface area (Å²) < 4.78 is 18.9. The van der Waals surface area contributed by atoms with Gasteiger partial charge in [0, 0.05) is 44.6 Å². The van der Waals surface area contributed by atoms with Crippen LogP contribution in [0.15, 0.2) is 148 Å². The van der Waals surface area contributed by atoms with Gasteiger partial charge in [0.2, 0.25) is 11.6 Å². The van der Waals surface area contributed by atoms with Crippen LogP contribution in [0.3, 0.4) is 0 Å². The van der Waals surface area contributed by atoms with E-state index < -0.39 is 0 Å². The Kier molecular flexibility index (Phi) is 6.21. The Hall–Kier alpha value is -6.47. The van der Waals surface area contributed by atoms with Crippen molar-refractivity contribution in [1.82, 2.24) is 15.0 Å². The molecule has 7 heteroatoms. The van der Waals surface area contributed by atoms with Gasteiger partial charge >= 0.3 is 0 Å². The smallest absolute Gasteiger partial charge is 0.227 e. The number of para-hydroxylation sites is 4. The monoisotopic (exact) mass is 610 g/mol. The first-order chi connectivity index (χ1) is 23.2. The van der Waals surface area contributed by atoms with E-state index in [-0.39, 0.29) is 0 Å². The SMILES string of the molecule is Cc1ccc2c(n1)oc1c(Oc3cccc(N(c4ccccc4)c4cccc(-c5cccc6c5oc5ccccc56)n4)n3)cccc12. The van der Waals surface area contributed by atoms with Crippen LogP contribution in [0.1, 0.15) is 5.69 Å². The molecule has 0 bridgehead atoms. The summed E-state index contributed by atoms with van der Waals surface area (Å²) in [5.41, 5.74) is 6.37. The molecule has 5 aromatic heterocycles. The standard InChI is InChI=1S/C40H26N4O3/c1-25-23-24-30-29-15-8-19-34(39(29)47-40(30)41-25)45-37-22-10-21-36(43-37)44(26-11-3-2-4-12-26)35-20-9-17-32(42-35)31-16-7-14-28-27-13-5-6-18-33(27)46-38(28)31/h2-24H,1H3. The van der Waals surface area contributed by atoms with E-state index in [0.29, 0.717) is 34.6 Å². The number of benzene rings is 4. The van der Waals surface area contributed by atoms with Crippen LogP contribution in [0, 0.1) is 6.92 Å². The third kappa shape index (κ3) is 4.64. The number of furan rings is 2. The van der Waals surface area contributed by atoms with Crippen molar-refractivity contribution in [3.05, 3.63) is 145 Å². The third-order valence-electron chi connectivity index (χ3n) is 8.28. The summed E-state index contributed by atoms with van der Waals surface area (Å²) in [7, 11) is 0. The van der Waals surface area contributed by atoms with Crippen molar-refractivity contribution in [2.45, 2.75) is 6.92 Å². The Bertz CT molecular complexity index is 2590. The van der Waals surface area contributed by atoms with Crippen molar-refractivity contribution in [2.75, 3.05) is 4.90 Å². The number of pyridine rings is 3. The van der Waals surface area contributed by atoms with Gasteiger partial charge in [-0.25, -0.2) is 9.97 Å². The minimum absolute atomic E-state index is 0.420. The van der Waals surface area contributed by atoms with E-state index in [1.54, 1.807) is 0 Å². The number of hydrogen-bond acceptors (Lipinski definition) is 7. The number of nitrogens with zero attached hydrogens (tertiary/aromatic N) is 4. The van der Waals surface area contributed by atoms with Crippen molar-refractivity contribution in [3.8, 4) is 22.9 Å². The maximum Gasteiger partial charge on any atom is 0.227 e. The highest BCUT2D eigenvalue weighted by atomic mass is 16.5. The number of anilines is 3. The molecule has 0 amide bonds. The van der Waals surface area contributed by atoms with Crippen molar-refractivity contribution in [1.29, 1.82) is 0 Å². The Balaban J connectivity index is 1.14. The molecule has 47 heavy (non-hydrogen) atoms. The highest BCUT2D eigenvalue weighted by molar-refractivity contribution is 6.09. The normalized spacial score (nSPS) is 11.5. The second-order valence-electron chi connectivity index (χ2n) is 11.3. The van der Waals surface area contributed by atoms with Crippen LogP contribution >= 0.6 is 0 Å². The first kappa shape index (κ1) is 26.9. The fraction of sp³-hybridized carbons (Fsp3) is 0.0250. The Morgan fingerprint density at radius 2 is 1.26 bits per heavy atom. The highest BCUT2D eigenvalue weighted by Gasteiger charge is 2.19. The fourth-order valence-electron chi connectivity index (χ4n) is 6.13. The average Bonchev–Trinajstić information content (AvgIpc) is 3.68. The zero-order valence-corrected chi connectivity index (χ0v) is 25.3. The molecular weight excluding hydrogens is 584 g/mol. The molecule has 0 radical (unpaired) electrons. The van der Waals surface area contributed by atoms with Gasteiger partial charge in [0.15, 0.2) is 11.3 Å². The van der Waals surface area contributed by atoms with Crippen LogP contribution < -0.4 is 9.64 Å². The summed E-state index contributed by atoms with van der Waals surface area (Å²) >= 11 is 0. The number of ether oxygens (including phenoxy) is 1.